The molecule has 0 aliphatic heterocycles. The number of furan rings is 1. The van der Waals surface area contributed by atoms with E-state index in [1.165, 1.54) is 35.6 Å². The number of carbonyl (C=O) groups is 1. The molecular formula is C15H13F2NO2. The van der Waals surface area contributed by atoms with Crippen LogP contribution in [-0.2, 0) is 6.54 Å². The summed E-state index contributed by atoms with van der Waals surface area (Å²) in [6.07, 6.45) is 4.47. The quantitative estimate of drug-likeness (QED) is 0.858. The van der Waals surface area contributed by atoms with Crippen LogP contribution in [0.1, 0.15) is 28.8 Å². The maximum Gasteiger partial charge on any atom is 0.257 e. The van der Waals surface area contributed by atoms with Gasteiger partial charge in [-0.2, -0.15) is 0 Å². The lowest BCUT2D eigenvalue weighted by Crippen LogP contribution is -2.33. The minimum atomic E-state index is -0.629. The van der Waals surface area contributed by atoms with Gasteiger partial charge in [0.15, 0.2) is 0 Å². The summed E-state index contributed by atoms with van der Waals surface area (Å²) in [6, 6.07) is 5.32. The van der Waals surface area contributed by atoms with E-state index in [0.717, 1.165) is 12.8 Å². The predicted octanol–water partition coefficient (Wildman–Crippen LogP) is 3.36. The van der Waals surface area contributed by atoms with Crippen LogP contribution in [0.3, 0.4) is 0 Å². The first-order valence-electron chi connectivity index (χ1n) is 6.43. The van der Waals surface area contributed by atoms with E-state index in [9.17, 15) is 13.6 Å². The smallest absolute Gasteiger partial charge is 0.257 e. The summed E-state index contributed by atoms with van der Waals surface area (Å²) in [5, 5.41) is 0. The zero-order valence-electron chi connectivity index (χ0n) is 10.7. The highest BCUT2D eigenvalue weighted by molar-refractivity contribution is 5.94. The topological polar surface area (TPSA) is 33.5 Å². The number of benzene rings is 1. The van der Waals surface area contributed by atoms with Crippen molar-refractivity contribution in [2.24, 2.45) is 0 Å². The molecule has 3 rings (SSSR count). The van der Waals surface area contributed by atoms with Crippen LogP contribution >= 0.6 is 0 Å². The average molecular weight is 277 g/mol. The lowest BCUT2D eigenvalue weighted by molar-refractivity contribution is 0.0726. The molecule has 0 bridgehead atoms. The van der Waals surface area contributed by atoms with Gasteiger partial charge in [-0.25, -0.2) is 8.78 Å². The molecule has 1 aromatic carbocycles. The van der Waals surface area contributed by atoms with Crippen molar-refractivity contribution < 1.29 is 18.0 Å². The Morgan fingerprint density at radius 3 is 2.50 bits per heavy atom. The summed E-state index contributed by atoms with van der Waals surface area (Å²) in [5.41, 5.74) is 0.324. The number of halogens is 2. The number of hydrogen-bond acceptors (Lipinski definition) is 2. The fraction of sp³-hybridized carbons (Fsp3) is 0.267. The third kappa shape index (κ3) is 2.43. The van der Waals surface area contributed by atoms with Crippen molar-refractivity contribution in [3.05, 3.63) is 59.6 Å². The molecule has 1 fully saturated rings. The van der Waals surface area contributed by atoms with Crippen molar-refractivity contribution in [3.63, 3.8) is 0 Å². The fourth-order valence-corrected chi connectivity index (χ4v) is 2.16. The first-order chi connectivity index (χ1) is 9.66. The molecule has 1 saturated carbocycles. The van der Waals surface area contributed by atoms with Gasteiger partial charge in [0.05, 0.1) is 18.4 Å². The second kappa shape index (κ2) is 5.07. The van der Waals surface area contributed by atoms with Crippen LogP contribution in [0.2, 0.25) is 0 Å². The minimum absolute atomic E-state index is 0.0522. The highest BCUT2D eigenvalue weighted by atomic mass is 19.1. The van der Waals surface area contributed by atoms with Crippen LogP contribution in [0, 0.1) is 11.6 Å². The second-order valence-corrected chi connectivity index (χ2v) is 4.88. The third-order valence-electron chi connectivity index (χ3n) is 3.41. The molecular weight excluding hydrogens is 264 g/mol. The summed E-state index contributed by atoms with van der Waals surface area (Å²) < 4.78 is 32.3. The maximum atomic E-state index is 13.7. The lowest BCUT2D eigenvalue weighted by Gasteiger charge is -2.22. The zero-order chi connectivity index (χ0) is 14.1. The summed E-state index contributed by atoms with van der Waals surface area (Å²) in [7, 11) is 0. The van der Waals surface area contributed by atoms with Gasteiger partial charge in [-0.05, 0) is 31.0 Å². The van der Waals surface area contributed by atoms with Crippen LogP contribution < -0.4 is 0 Å². The number of nitrogens with zero attached hydrogens (tertiary/aromatic N) is 1. The highest BCUT2D eigenvalue weighted by Gasteiger charge is 2.34. The Hall–Kier alpha value is -2.17. The summed E-state index contributed by atoms with van der Waals surface area (Å²) in [5.74, 6) is -1.52. The van der Waals surface area contributed by atoms with Crippen molar-refractivity contribution in [2.75, 3.05) is 0 Å². The van der Waals surface area contributed by atoms with E-state index in [1.54, 1.807) is 6.07 Å². The highest BCUT2D eigenvalue weighted by Crippen LogP contribution is 2.30. The molecule has 1 aliphatic carbocycles. The zero-order valence-corrected chi connectivity index (χ0v) is 10.7. The molecule has 0 N–H and O–H groups in total. The summed E-state index contributed by atoms with van der Waals surface area (Å²) in [6.45, 7) is -0.0623. The van der Waals surface area contributed by atoms with Gasteiger partial charge in [0.1, 0.15) is 17.9 Å². The van der Waals surface area contributed by atoms with Gasteiger partial charge in [-0.3, -0.25) is 4.79 Å². The average Bonchev–Trinajstić information content (AvgIpc) is 3.11. The van der Waals surface area contributed by atoms with Crippen molar-refractivity contribution >= 4 is 5.91 Å². The second-order valence-electron chi connectivity index (χ2n) is 4.88. The first kappa shape index (κ1) is 12.8. The summed E-state index contributed by atoms with van der Waals surface area (Å²) >= 11 is 0. The number of amides is 1. The number of rotatable bonds is 4. The normalized spacial score (nSPS) is 14.3. The number of carbonyl (C=O) groups excluding carboxylic acids is 1. The SMILES string of the molecule is O=C(c1ccoc1)N(Cc1c(F)cccc1F)C1CC1. The van der Waals surface area contributed by atoms with Gasteiger partial charge in [0.2, 0.25) is 0 Å². The summed E-state index contributed by atoms with van der Waals surface area (Å²) in [4.78, 5) is 13.8. The van der Waals surface area contributed by atoms with Gasteiger partial charge in [0.25, 0.3) is 5.91 Å². The Morgan fingerprint density at radius 1 is 1.25 bits per heavy atom. The molecule has 2 aromatic rings. The molecule has 1 aromatic heterocycles. The Morgan fingerprint density at radius 2 is 1.95 bits per heavy atom. The molecule has 3 nitrogen and oxygen atoms in total. The molecule has 5 heteroatoms. The van der Waals surface area contributed by atoms with Crippen LogP contribution in [0.5, 0.6) is 0 Å². The van der Waals surface area contributed by atoms with E-state index in [4.69, 9.17) is 4.42 Å². The molecule has 1 heterocycles. The van der Waals surface area contributed by atoms with Gasteiger partial charge >= 0.3 is 0 Å². The van der Waals surface area contributed by atoms with Crippen molar-refractivity contribution in [3.8, 4) is 0 Å². The van der Waals surface area contributed by atoms with Crippen molar-refractivity contribution in [2.45, 2.75) is 25.4 Å². The van der Waals surface area contributed by atoms with Gasteiger partial charge < -0.3 is 9.32 Å². The van der Waals surface area contributed by atoms with Crippen molar-refractivity contribution in [1.82, 2.24) is 4.90 Å². The molecule has 0 unspecified atom stereocenters. The number of hydrogen-bond donors (Lipinski definition) is 0. The maximum absolute atomic E-state index is 13.7. The van der Waals surface area contributed by atoms with Crippen LogP contribution in [0.4, 0.5) is 8.78 Å². The molecule has 1 amide bonds. The molecule has 0 atom stereocenters. The minimum Gasteiger partial charge on any atom is -0.472 e. The van der Waals surface area contributed by atoms with E-state index < -0.39 is 11.6 Å². The first-order valence-corrected chi connectivity index (χ1v) is 6.43. The standard InChI is InChI=1S/C15H13F2NO2/c16-13-2-1-3-14(17)12(13)8-18(11-4-5-11)15(19)10-6-7-20-9-10/h1-3,6-7,9,11H,4-5,8H2. The molecule has 104 valence electrons. The molecule has 0 spiro atoms. The third-order valence-corrected chi connectivity index (χ3v) is 3.41. The fourth-order valence-electron chi connectivity index (χ4n) is 2.16. The van der Waals surface area contributed by atoms with Crippen LogP contribution in [-0.4, -0.2) is 16.8 Å². The Labute approximate surface area is 114 Å². The van der Waals surface area contributed by atoms with E-state index in [2.05, 4.69) is 0 Å². The Bertz CT molecular complexity index is 601. The van der Waals surface area contributed by atoms with Gasteiger partial charge in [-0.1, -0.05) is 6.07 Å². The predicted molar refractivity (Wildman–Crippen MR) is 68.0 cm³/mol. The Balaban J connectivity index is 1.87. The largest absolute Gasteiger partial charge is 0.472 e. The van der Waals surface area contributed by atoms with E-state index in [-0.39, 0.29) is 24.1 Å². The molecule has 20 heavy (non-hydrogen) atoms. The van der Waals surface area contributed by atoms with E-state index in [1.807, 2.05) is 0 Å². The molecule has 0 saturated heterocycles. The molecule has 1 aliphatic rings. The molecule has 0 radical (unpaired) electrons. The van der Waals surface area contributed by atoms with Gasteiger partial charge in [-0.15, -0.1) is 0 Å². The van der Waals surface area contributed by atoms with Gasteiger partial charge in [0, 0.05) is 11.6 Å². The lowest BCUT2D eigenvalue weighted by atomic mass is 10.1. The van der Waals surface area contributed by atoms with Crippen molar-refractivity contribution in [1.29, 1.82) is 0 Å². The van der Waals surface area contributed by atoms with E-state index in [0.29, 0.717) is 5.56 Å². The van der Waals surface area contributed by atoms with Crippen LogP contribution in [0.25, 0.3) is 0 Å². The van der Waals surface area contributed by atoms with Crippen LogP contribution in [0.15, 0.2) is 41.2 Å². The Kier molecular flexibility index (Phi) is 3.26. The van der Waals surface area contributed by atoms with E-state index >= 15 is 0 Å². The monoisotopic (exact) mass is 277 g/mol.